The molecule has 0 radical (unpaired) electrons. The second kappa shape index (κ2) is 12.4. The molecular formula is C37H34N4O9. The highest BCUT2D eigenvalue weighted by molar-refractivity contribution is 6.18. The Morgan fingerprint density at radius 2 is 1.48 bits per heavy atom. The van der Waals surface area contributed by atoms with E-state index in [1.165, 1.54) is 6.92 Å². The number of carbonyl (C=O) groups is 4. The van der Waals surface area contributed by atoms with Crippen LogP contribution in [0, 0.1) is 5.41 Å². The molecule has 6 aliphatic rings. The van der Waals surface area contributed by atoms with E-state index in [1.54, 1.807) is 50.3 Å². The molecule has 5 aliphatic heterocycles. The monoisotopic (exact) mass is 678 g/mol. The molecule has 1 aliphatic carbocycles. The van der Waals surface area contributed by atoms with Gasteiger partial charge in [0.15, 0.2) is 0 Å². The first kappa shape index (κ1) is 33.8. The predicted octanol–water partition coefficient (Wildman–Crippen LogP) is 5.38. The molecule has 0 spiro atoms. The summed E-state index contributed by atoms with van der Waals surface area (Å²) in [5.74, 6) is -4.75. The molecule has 1 unspecified atom stereocenters. The molecule has 0 amide bonds. The Bertz CT molecular complexity index is 2150. The van der Waals surface area contributed by atoms with E-state index in [9.17, 15) is 44.7 Å². The van der Waals surface area contributed by atoms with Gasteiger partial charge < -0.3 is 30.8 Å². The molecule has 0 aromatic heterocycles. The number of hydrogen-bond acceptors (Lipinski definition) is 9. The van der Waals surface area contributed by atoms with Crippen LogP contribution in [0.15, 0.2) is 130 Å². The maximum atomic E-state index is 12.8. The van der Waals surface area contributed by atoms with Crippen molar-refractivity contribution in [2.45, 2.75) is 59.8 Å². The zero-order chi connectivity index (χ0) is 36.2. The van der Waals surface area contributed by atoms with Crippen molar-refractivity contribution >= 4 is 41.0 Å². The smallest absolute Gasteiger partial charge is 0.333 e. The number of carboxylic acid groups (broad SMARTS) is 4. The maximum absolute atomic E-state index is 12.8. The molecule has 6 rings (SSSR count). The lowest BCUT2D eigenvalue weighted by Crippen LogP contribution is -2.32. The summed E-state index contributed by atoms with van der Waals surface area (Å²) in [6.07, 6.45) is 9.90. The van der Waals surface area contributed by atoms with Crippen LogP contribution in [0.4, 0.5) is 0 Å². The summed E-state index contributed by atoms with van der Waals surface area (Å²) in [5, 5.41) is 53.6. The highest BCUT2D eigenvalue weighted by Gasteiger charge is 2.51. The van der Waals surface area contributed by atoms with E-state index in [4.69, 9.17) is 15.0 Å². The number of carboxylic acids is 4. The summed E-state index contributed by atoms with van der Waals surface area (Å²) in [7, 11) is 0. The number of nitrogens with one attached hydrogen (secondary N) is 1. The molecule has 1 saturated heterocycles. The van der Waals surface area contributed by atoms with E-state index < -0.39 is 29.3 Å². The fourth-order valence-corrected chi connectivity index (χ4v) is 7.18. The van der Waals surface area contributed by atoms with Gasteiger partial charge in [-0.25, -0.2) is 24.6 Å². The van der Waals surface area contributed by atoms with Crippen LogP contribution in [0.1, 0.15) is 59.8 Å². The fraction of sp³-hybridized carbons (Fsp3) is 0.270. The molecule has 1 atom stereocenters. The van der Waals surface area contributed by atoms with Crippen LogP contribution in [0.2, 0.25) is 0 Å². The van der Waals surface area contributed by atoms with Crippen molar-refractivity contribution in [3.8, 4) is 0 Å². The van der Waals surface area contributed by atoms with Crippen LogP contribution in [-0.4, -0.2) is 66.5 Å². The quantitative estimate of drug-likeness (QED) is 0.180. The van der Waals surface area contributed by atoms with Crippen molar-refractivity contribution < 1.29 is 44.7 Å². The summed E-state index contributed by atoms with van der Waals surface area (Å²) >= 11 is 0. The van der Waals surface area contributed by atoms with Gasteiger partial charge in [0.1, 0.15) is 0 Å². The fourth-order valence-electron chi connectivity index (χ4n) is 7.18. The molecular weight excluding hydrogens is 644 g/mol. The summed E-state index contributed by atoms with van der Waals surface area (Å²) in [6, 6.07) is 0. The van der Waals surface area contributed by atoms with Crippen LogP contribution in [0.25, 0.3) is 0 Å². The molecule has 0 aromatic carbocycles. The van der Waals surface area contributed by atoms with Gasteiger partial charge in [-0.1, -0.05) is 6.08 Å². The van der Waals surface area contributed by atoms with Gasteiger partial charge >= 0.3 is 23.9 Å². The summed E-state index contributed by atoms with van der Waals surface area (Å²) in [5.41, 5.74) is 4.95. The van der Waals surface area contributed by atoms with Crippen LogP contribution >= 0.6 is 0 Å². The lowest BCUT2D eigenvalue weighted by atomic mass is 9.68. The van der Waals surface area contributed by atoms with Gasteiger partial charge in [-0.05, 0) is 105 Å². The average Bonchev–Trinajstić information content (AvgIpc) is 3.72. The van der Waals surface area contributed by atoms with E-state index in [-0.39, 0.29) is 49.0 Å². The minimum Gasteiger partial charge on any atom is -0.512 e. The molecule has 50 heavy (non-hydrogen) atoms. The number of allylic oxidation sites excluding steroid dienone is 14. The Hall–Kier alpha value is -6.11. The van der Waals surface area contributed by atoms with E-state index in [2.05, 4.69) is 5.32 Å². The van der Waals surface area contributed by atoms with Gasteiger partial charge in [-0.3, -0.25) is 9.59 Å². The third kappa shape index (κ3) is 5.70. The van der Waals surface area contributed by atoms with Gasteiger partial charge in [-0.15, -0.1) is 0 Å². The van der Waals surface area contributed by atoms with Gasteiger partial charge in [0.2, 0.25) is 0 Å². The standard InChI is InChI=1S/C37H34N4O9/c1-16-21(7-10-32(45)46)27-15-26-19(5-9-31(43)44)11-20(38-26)12-30-37(4)23(8-6-22(35(47)48)34(37)36(49)50)28(41-30)13-25-17(2)33(18(3)42)29(40-25)14-24(16)39-27/h8,11-15,41-42H,5-7,9-10H2,1-4H3,(H,43,44)(H,45,46)(H,47,48)(H,49,50)/b24-14?,26-15?,28-13?,30-12?,33-18-. The van der Waals surface area contributed by atoms with Gasteiger partial charge in [0.25, 0.3) is 0 Å². The second-order valence-corrected chi connectivity index (χ2v) is 12.8. The molecule has 5 heterocycles. The number of aliphatic hydroxyl groups excluding tert-OH is 1. The number of aliphatic hydroxyl groups is 1. The SMILES string of the molecule is CC1=C(CCC(=O)O)C2=NC1=CC1=NC(=C(C)/C1=C(\C)O)C=C1NC(=CC3=NC(=C2)C(CCC(=O)O)=C3)C2(C)C1=CCC(C(=O)O)=C2C(=O)O. The topological polar surface area (TPSA) is 219 Å². The lowest BCUT2D eigenvalue weighted by molar-refractivity contribution is -0.137. The van der Waals surface area contributed by atoms with Crippen molar-refractivity contribution in [2.75, 3.05) is 0 Å². The Kier molecular flexibility index (Phi) is 8.38. The van der Waals surface area contributed by atoms with Crippen molar-refractivity contribution in [1.82, 2.24) is 5.32 Å². The summed E-state index contributed by atoms with van der Waals surface area (Å²) in [4.78, 5) is 62.8. The van der Waals surface area contributed by atoms with E-state index in [0.717, 1.165) is 5.57 Å². The minimum absolute atomic E-state index is 0.00562. The third-order valence-electron chi connectivity index (χ3n) is 9.64. The Morgan fingerprint density at radius 1 is 0.800 bits per heavy atom. The van der Waals surface area contributed by atoms with Crippen LogP contribution < -0.4 is 5.32 Å². The van der Waals surface area contributed by atoms with E-state index in [0.29, 0.717) is 73.5 Å². The van der Waals surface area contributed by atoms with E-state index in [1.807, 2.05) is 6.92 Å². The van der Waals surface area contributed by atoms with Crippen molar-refractivity contribution in [2.24, 2.45) is 20.4 Å². The molecule has 6 N–H and O–H groups in total. The zero-order valence-corrected chi connectivity index (χ0v) is 27.7. The molecule has 13 nitrogen and oxygen atoms in total. The summed E-state index contributed by atoms with van der Waals surface area (Å²) < 4.78 is 0. The van der Waals surface area contributed by atoms with Crippen molar-refractivity contribution in [3.05, 3.63) is 115 Å². The van der Waals surface area contributed by atoms with Gasteiger partial charge in [-0.2, -0.15) is 0 Å². The number of aliphatic imine (C=N–C) groups is 3. The van der Waals surface area contributed by atoms with Crippen LogP contribution in [0.3, 0.4) is 0 Å². The minimum atomic E-state index is -1.46. The molecule has 1 fully saturated rings. The molecule has 13 heteroatoms. The molecule has 0 aromatic rings. The maximum Gasteiger partial charge on any atom is 0.333 e. The van der Waals surface area contributed by atoms with Crippen molar-refractivity contribution in [1.29, 1.82) is 0 Å². The number of rotatable bonds is 8. The first-order valence-electron chi connectivity index (χ1n) is 15.9. The van der Waals surface area contributed by atoms with E-state index >= 15 is 0 Å². The van der Waals surface area contributed by atoms with Gasteiger partial charge in [0.05, 0.1) is 56.5 Å². The third-order valence-corrected chi connectivity index (χ3v) is 9.64. The Morgan fingerprint density at radius 3 is 2.12 bits per heavy atom. The second-order valence-electron chi connectivity index (χ2n) is 12.8. The lowest BCUT2D eigenvalue weighted by Gasteiger charge is -2.32. The largest absolute Gasteiger partial charge is 0.512 e. The Balaban J connectivity index is 1.65. The zero-order valence-electron chi connectivity index (χ0n) is 27.7. The molecule has 0 saturated carbocycles. The van der Waals surface area contributed by atoms with Crippen LogP contribution in [-0.2, 0) is 19.2 Å². The van der Waals surface area contributed by atoms with Crippen molar-refractivity contribution in [3.63, 3.8) is 0 Å². The average molecular weight is 679 g/mol. The number of fused-ring (bicyclic) bond motifs is 8. The Labute approximate surface area is 286 Å². The number of nitrogens with zero attached hydrogens (tertiary/aromatic N) is 3. The summed E-state index contributed by atoms with van der Waals surface area (Å²) in [6.45, 7) is 6.79. The van der Waals surface area contributed by atoms with Crippen LogP contribution in [0.5, 0.6) is 0 Å². The highest BCUT2D eigenvalue weighted by atomic mass is 16.4. The molecule has 8 bridgehead atoms. The molecule has 256 valence electrons. The number of hydrogen-bond donors (Lipinski definition) is 6. The number of aliphatic carboxylic acids is 4. The first-order chi connectivity index (χ1) is 23.6. The predicted molar refractivity (Wildman–Crippen MR) is 183 cm³/mol. The highest BCUT2D eigenvalue weighted by Crippen LogP contribution is 2.54. The normalized spacial score (nSPS) is 23.5. The first-order valence-corrected chi connectivity index (χ1v) is 15.9. The van der Waals surface area contributed by atoms with Gasteiger partial charge in [0, 0.05) is 29.8 Å².